The van der Waals surface area contributed by atoms with Crippen molar-refractivity contribution in [3.63, 3.8) is 0 Å². The molecule has 1 aliphatic carbocycles. The number of benzene rings is 3. The Morgan fingerprint density at radius 3 is 2.50 bits per heavy atom. The molecule has 2 N–H and O–H groups in total. The number of nitrogens with one attached hydrogen (secondary N) is 2. The van der Waals surface area contributed by atoms with E-state index in [1.807, 2.05) is 24.3 Å². The van der Waals surface area contributed by atoms with Crippen molar-refractivity contribution in [2.75, 3.05) is 11.9 Å². The van der Waals surface area contributed by atoms with E-state index in [9.17, 15) is 9.59 Å². The highest BCUT2D eigenvalue weighted by molar-refractivity contribution is 6.33. The van der Waals surface area contributed by atoms with Crippen molar-refractivity contribution < 1.29 is 9.59 Å². The van der Waals surface area contributed by atoms with Gasteiger partial charge in [0.25, 0.3) is 5.91 Å². The van der Waals surface area contributed by atoms with Crippen LogP contribution in [-0.2, 0) is 11.2 Å². The maximum atomic E-state index is 12.3. The Balaban J connectivity index is 1.34. The molecule has 0 spiro atoms. The fourth-order valence-electron chi connectivity index (χ4n) is 3.46. The Hall–Kier alpha value is -3.11. The molecule has 0 radical (unpaired) electrons. The molecule has 0 saturated heterocycles. The molecule has 3 aromatic carbocycles. The molecular weight excluding hydrogens is 372 g/mol. The van der Waals surface area contributed by atoms with Crippen LogP contribution in [0.3, 0.4) is 0 Å². The van der Waals surface area contributed by atoms with E-state index < -0.39 is 0 Å². The van der Waals surface area contributed by atoms with Crippen molar-refractivity contribution in [1.29, 1.82) is 0 Å². The van der Waals surface area contributed by atoms with Gasteiger partial charge in [0.2, 0.25) is 5.91 Å². The van der Waals surface area contributed by atoms with Crippen LogP contribution >= 0.6 is 11.6 Å². The summed E-state index contributed by atoms with van der Waals surface area (Å²) in [5.41, 5.74) is 6.13. The summed E-state index contributed by atoms with van der Waals surface area (Å²) < 4.78 is 0. The maximum absolute atomic E-state index is 12.3. The van der Waals surface area contributed by atoms with E-state index in [2.05, 4.69) is 28.8 Å². The van der Waals surface area contributed by atoms with E-state index in [4.69, 9.17) is 11.6 Å². The zero-order chi connectivity index (χ0) is 19.5. The molecule has 0 saturated carbocycles. The molecule has 0 aromatic heterocycles. The summed E-state index contributed by atoms with van der Waals surface area (Å²) in [4.78, 5) is 24.4. The van der Waals surface area contributed by atoms with Gasteiger partial charge in [-0.15, -0.1) is 0 Å². The maximum Gasteiger partial charge on any atom is 0.252 e. The number of amides is 2. The first-order valence-corrected chi connectivity index (χ1v) is 9.53. The molecule has 5 heteroatoms. The van der Waals surface area contributed by atoms with Gasteiger partial charge in [0.1, 0.15) is 0 Å². The summed E-state index contributed by atoms with van der Waals surface area (Å²) in [7, 11) is 0. The Labute approximate surface area is 168 Å². The first-order valence-electron chi connectivity index (χ1n) is 9.15. The summed E-state index contributed by atoms with van der Waals surface area (Å²) in [5, 5.41) is 6.03. The van der Waals surface area contributed by atoms with Crippen LogP contribution in [0.25, 0.3) is 11.1 Å². The number of carbonyl (C=O) groups is 2. The topological polar surface area (TPSA) is 58.2 Å². The normalized spacial score (nSPS) is 11.5. The second-order valence-electron chi connectivity index (χ2n) is 6.74. The Morgan fingerprint density at radius 2 is 1.64 bits per heavy atom. The third kappa shape index (κ3) is 3.78. The van der Waals surface area contributed by atoms with E-state index in [1.54, 1.807) is 24.3 Å². The van der Waals surface area contributed by atoms with Crippen molar-refractivity contribution in [1.82, 2.24) is 5.32 Å². The molecule has 4 rings (SSSR count). The Kier molecular flexibility index (Phi) is 5.13. The quantitative estimate of drug-likeness (QED) is 0.520. The fraction of sp³-hybridized carbons (Fsp3) is 0.130. The van der Waals surface area contributed by atoms with Crippen LogP contribution in [-0.4, -0.2) is 18.4 Å². The molecule has 0 unspecified atom stereocenters. The molecule has 28 heavy (non-hydrogen) atoms. The lowest BCUT2D eigenvalue weighted by Gasteiger charge is -2.09. The lowest BCUT2D eigenvalue weighted by molar-refractivity contribution is -0.116. The Bertz CT molecular complexity index is 1060. The summed E-state index contributed by atoms with van der Waals surface area (Å²) in [6, 6.07) is 21.1. The van der Waals surface area contributed by atoms with Crippen molar-refractivity contribution >= 4 is 29.1 Å². The standard InChI is InChI=1S/C23H19ClN2O2/c24-21-8-4-3-7-19(21)23(28)25-12-11-22(27)26-17-10-9-16-13-15-5-1-2-6-18(15)20(16)14-17/h1-10,14H,11-13H2,(H,25,28)(H,26,27). The van der Waals surface area contributed by atoms with Gasteiger partial charge in [-0.1, -0.05) is 54.1 Å². The molecule has 3 aromatic rings. The minimum absolute atomic E-state index is 0.148. The molecule has 0 bridgehead atoms. The van der Waals surface area contributed by atoms with Crippen LogP contribution in [0.2, 0.25) is 5.02 Å². The predicted molar refractivity (Wildman–Crippen MR) is 112 cm³/mol. The third-order valence-electron chi connectivity index (χ3n) is 4.84. The zero-order valence-corrected chi connectivity index (χ0v) is 15.9. The smallest absolute Gasteiger partial charge is 0.252 e. The van der Waals surface area contributed by atoms with Gasteiger partial charge >= 0.3 is 0 Å². The van der Waals surface area contributed by atoms with Gasteiger partial charge in [0.05, 0.1) is 10.6 Å². The summed E-state index contributed by atoms with van der Waals surface area (Å²) in [5.74, 6) is -0.432. The molecule has 0 heterocycles. The summed E-state index contributed by atoms with van der Waals surface area (Å²) in [6.07, 6.45) is 1.11. The SMILES string of the molecule is O=C(CCNC(=O)c1ccccc1Cl)Nc1ccc2c(c1)-c1ccccc1C2. The zero-order valence-electron chi connectivity index (χ0n) is 15.2. The van der Waals surface area contributed by atoms with E-state index in [0.29, 0.717) is 10.6 Å². The third-order valence-corrected chi connectivity index (χ3v) is 5.17. The number of anilines is 1. The molecule has 1 aliphatic rings. The van der Waals surface area contributed by atoms with Crippen LogP contribution in [0.15, 0.2) is 66.7 Å². The summed E-state index contributed by atoms with van der Waals surface area (Å²) >= 11 is 6.01. The molecular formula is C23H19ClN2O2. The van der Waals surface area contributed by atoms with E-state index in [1.165, 1.54) is 22.3 Å². The number of halogens is 1. The number of carbonyl (C=O) groups excluding carboxylic acids is 2. The molecule has 0 fully saturated rings. The number of rotatable bonds is 5. The van der Waals surface area contributed by atoms with E-state index in [0.717, 1.165) is 12.1 Å². The molecule has 140 valence electrons. The van der Waals surface area contributed by atoms with Gasteiger partial charge in [-0.2, -0.15) is 0 Å². The monoisotopic (exact) mass is 390 g/mol. The van der Waals surface area contributed by atoms with Gasteiger partial charge in [-0.05, 0) is 52.9 Å². The first-order chi connectivity index (χ1) is 13.6. The molecule has 4 nitrogen and oxygen atoms in total. The average Bonchev–Trinajstić information content (AvgIpc) is 3.06. The highest BCUT2D eigenvalue weighted by Crippen LogP contribution is 2.37. The highest BCUT2D eigenvalue weighted by Gasteiger charge is 2.18. The lowest BCUT2D eigenvalue weighted by atomic mass is 10.1. The van der Waals surface area contributed by atoms with Crippen molar-refractivity contribution in [2.24, 2.45) is 0 Å². The van der Waals surface area contributed by atoms with Gasteiger partial charge in [0.15, 0.2) is 0 Å². The number of hydrogen-bond donors (Lipinski definition) is 2. The minimum atomic E-state index is -0.285. The fourth-order valence-corrected chi connectivity index (χ4v) is 3.68. The Morgan fingerprint density at radius 1 is 0.893 bits per heavy atom. The van der Waals surface area contributed by atoms with Crippen molar-refractivity contribution in [3.05, 3.63) is 88.4 Å². The molecule has 0 aliphatic heterocycles. The van der Waals surface area contributed by atoms with E-state index >= 15 is 0 Å². The highest BCUT2D eigenvalue weighted by atomic mass is 35.5. The van der Waals surface area contributed by atoms with Gasteiger partial charge in [-0.25, -0.2) is 0 Å². The van der Waals surface area contributed by atoms with Crippen LogP contribution in [0.5, 0.6) is 0 Å². The van der Waals surface area contributed by atoms with Crippen molar-refractivity contribution in [3.8, 4) is 11.1 Å². The molecule has 2 amide bonds. The largest absolute Gasteiger partial charge is 0.351 e. The van der Waals surface area contributed by atoms with Gasteiger partial charge < -0.3 is 10.6 Å². The van der Waals surface area contributed by atoms with Crippen LogP contribution in [0.4, 0.5) is 5.69 Å². The number of fused-ring (bicyclic) bond motifs is 3. The van der Waals surface area contributed by atoms with E-state index in [-0.39, 0.29) is 24.8 Å². The first kappa shape index (κ1) is 18.3. The molecule has 0 atom stereocenters. The minimum Gasteiger partial charge on any atom is -0.351 e. The lowest BCUT2D eigenvalue weighted by Crippen LogP contribution is -2.27. The number of hydrogen-bond acceptors (Lipinski definition) is 2. The van der Waals surface area contributed by atoms with Crippen molar-refractivity contribution in [2.45, 2.75) is 12.8 Å². The average molecular weight is 391 g/mol. The van der Waals surface area contributed by atoms with Crippen LogP contribution < -0.4 is 10.6 Å². The summed E-state index contributed by atoms with van der Waals surface area (Å²) in [6.45, 7) is 0.240. The predicted octanol–water partition coefficient (Wildman–Crippen LogP) is 4.67. The van der Waals surface area contributed by atoms with Gasteiger partial charge in [0, 0.05) is 18.7 Å². The van der Waals surface area contributed by atoms with Crippen LogP contribution in [0.1, 0.15) is 27.9 Å². The van der Waals surface area contributed by atoms with Crippen LogP contribution in [0, 0.1) is 0 Å². The second-order valence-corrected chi connectivity index (χ2v) is 7.15. The van der Waals surface area contributed by atoms with Gasteiger partial charge in [-0.3, -0.25) is 9.59 Å². The second kappa shape index (κ2) is 7.87.